The van der Waals surface area contributed by atoms with Crippen LogP contribution in [0.25, 0.3) is 0 Å². The van der Waals surface area contributed by atoms with Gasteiger partial charge in [-0.2, -0.15) is 0 Å². The van der Waals surface area contributed by atoms with Crippen LogP contribution in [0.3, 0.4) is 0 Å². The predicted molar refractivity (Wildman–Crippen MR) is 91.9 cm³/mol. The molecule has 0 spiro atoms. The molecule has 1 aromatic rings. The number of amides is 2. The molecule has 2 rings (SSSR count). The van der Waals surface area contributed by atoms with Gasteiger partial charge < -0.3 is 15.8 Å². The number of hydrogen-bond donors (Lipinski definition) is 4. The van der Waals surface area contributed by atoms with E-state index in [-0.39, 0.29) is 0 Å². The first-order valence-corrected chi connectivity index (χ1v) is 8.06. The van der Waals surface area contributed by atoms with Crippen molar-refractivity contribution in [2.24, 2.45) is 11.7 Å². The Morgan fingerprint density at radius 2 is 2.00 bits per heavy atom. The number of hydroxylamine groups is 1. The molecule has 0 radical (unpaired) electrons. The van der Waals surface area contributed by atoms with Crippen molar-refractivity contribution in [2.45, 2.75) is 38.3 Å². The molecule has 1 aromatic carbocycles. The third-order valence-electron chi connectivity index (χ3n) is 3.70. The zero-order valence-electron chi connectivity index (χ0n) is 14.3. The van der Waals surface area contributed by atoms with Crippen LogP contribution in [0, 0.1) is 17.8 Å². The molecule has 5 N–H and O–H groups in total. The van der Waals surface area contributed by atoms with Crippen LogP contribution in [0.2, 0.25) is 0 Å². The summed E-state index contributed by atoms with van der Waals surface area (Å²) in [7, 11) is 0. The third kappa shape index (κ3) is 5.78. The van der Waals surface area contributed by atoms with Gasteiger partial charge in [-0.25, -0.2) is 5.48 Å². The number of rotatable bonds is 6. The molecule has 1 aliphatic carbocycles. The quantitative estimate of drug-likeness (QED) is 0.346. The SMILES string of the molecule is CC(C)(N)[C@H](NC(=O)c1ccc(OCC#CC2CC2)cc1)C(=O)NO. The van der Waals surface area contributed by atoms with E-state index >= 15 is 0 Å². The largest absolute Gasteiger partial charge is 0.481 e. The number of benzene rings is 1. The molecule has 0 bridgehead atoms. The Kier molecular flexibility index (Phi) is 6.02. The van der Waals surface area contributed by atoms with Gasteiger partial charge in [0.15, 0.2) is 0 Å². The second kappa shape index (κ2) is 8.01. The molecular weight excluding hydrogens is 322 g/mol. The van der Waals surface area contributed by atoms with E-state index in [0.717, 1.165) is 0 Å². The van der Waals surface area contributed by atoms with Crippen LogP contribution in [-0.4, -0.2) is 35.2 Å². The summed E-state index contributed by atoms with van der Waals surface area (Å²) in [4.78, 5) is 24.0. The molecule has 1 saturated carbocycles. The number of carbonyl (C=O) groups excluding carboxylic acids is 2. The van der Waals surface area contributed by atoms with Crippen LogP contribution in [0.5, 0.6) is 5.75 Å². The Labute approximate surface area is 146 Å². The van der Waals surface area contributed by atoms with Gasteiger partial charge in [0.1, 0.15) is 18.4 Å². The second-order valence-corrected chi connectivity index (χ2v) is 6.61. The lowest BCUT2D eigenvalue weighted by Crippen LogP contribution is -2.61. The van der Waals surface area contributed by atoms with Crippen molar-refractivity contribution in [1.29, 1.82) is 0 Å². The van der Waals surface area contributed by atoms with E-state index in [9.17, 15) is 9.59 Å². The standard InChI is InChI=1S/C18H23N3O4/c1-18(2,19)15(17(23)21-24)20-16(22)13-7-9-14(10-8-13)25-11-3-4-12-5-6-12/h7-10,12,15,24H,5-6,11,19H2,1-2H3,(H,20,22)(H,21,23)/t15-/m1/s1. The van der Waals surface area contributed by atoms with Gasteiger partial charge in [-0.3, -0.25) is 14.8 Å². The van der Waals surface area contributed by atoms with Gasteiger partial charge in [0.05, 0.1) is 0 Å². The van der Waals surface area contributed by atoms with Crippen molar-refractivity contribution < 1.29 is 19.5 Å². The van der Waals surface area contributed by atoms with Crippen molar-refractivity contribution in [1.82, 2.24) is 10.8 Å². The summed E-state index contributed by atoms with van der Waals surface area (Å²) in [5.74, 6) is 5.93. The van der Waals surface area contributed by atoms with Crippen LogP contribution < -0.4 is 21.3 Å². The first-order valence-electron chi connectivity index (χ1n) is 8.06. The maximum atomic E-state index is 12.3. The molecule has 7 heteroatoms. The third-order valence-corrected chi connectivity index (χ3v) is 3.70. The molecule has 7 nitrogen and oxygen atoms in total. The maximum absolute atomic E-state index is 12.3. The summed E-state index contributed by atoms with van der Waals surface area (Å²) in [6.07, 6.45) is 2.34. The summed E-state index contributed by atoms with van der Waals surface area (Å²) < 4.78 is 5.49. The van der Waals surface area contributed by atoms with E-state index in [2.05, 4.69) is 17.2 Å². The van der Waals surface area contributed by atoms with Crippen LogP contribution >= 0.6 is 0 Å². The molecule has 0 unspecified atom stereocenters. The van der Waals surface area contributed by atoms with Crippen molar-refractivity contribution in [2.75, 3.05) is 6.61 Å². The van der Waals surface area contributed by atoms with E-state index in [0.29, 0.717) is 23.8 Å². The molecule has 1 aliphatic rings. The Bertz CT molecular complexity index is 679. The van der Waals surface area contributed by atoms with Crippen molar-refractivity contribution in [3.8, 4) is 17.6 Å². The van der Waals surface area contributed by atoms with Crippen molar-refractivity contribution in [3.05, 3.63) is 29.8 Å². The number of nitrogens with one attached hydrogen (secondary N) is 2. The molecule has 0 heterocycles. The first-order chi connectivity index (χ1) is 11.8. The summed E-state index contributed by atoms with van der Waals surface area (Å²) in [5, 5.41) is 11.3. The molecule has 134 valence electrons. The zero-order chi connectivity index (χ0) is 18.4. The minimum absolute atomic E-state index is 0.308. The highest BCUT2D eigenvalue weighted by molar-refractivity contribution is 5.97. The molecule has 1 fully saturated rings. The minimum atomic E-state index is -1.08. The smallest absolute Gasteiger partial charge is 0.267 e. The average molecular weight is 345 g/mol. The van der Waals surface area contributed by atoms with Crippen LogP contribution in [-0.2, 0) is 4.79 Å². The van der Waals surface area contributed by atoms with Gasteiger partial charge in [0.25, 0.3) is 11.8 Å². The van der Waals surface area contributed by atoms with E-state index in [4.69, 9.17) is 15.7 Å². The van der Waals surface area contributed by atoms with E-state index in [1.54, 1.807) is 38.1 Å². The maximum Gasteiger partial charge on any atom is 0.267 e. The predicted octanol–water partition coefficient (Wildman–Crippen LogP) is 0.820. The molecule has 25 heavy (non-hydrogen) atoms. The van der Waals surface area contributed by atoms with Gasteiger partial charge >= 0.3 is 0 Å². The number of hydrogen-bond acceptors (Lipinski definition) is 5. The minimum Gasteiger partial charge on any atom is -0.481 e. The summed E-state index contributed by atoms with van der Waals surface area (Å²) >= 11 is 0. The topological polar surface area (TPSA) is 114 Å². The Balaban J connectivity index is 1.94. The van der Waals surface area contributed by atoms with Gasteiger partial charge in [-0.1, -0.05) is 11.8 Å². The van der Waals surface area contributed by atoms with Crippen LogP contribution in [0.4, 0.5) is 0 Å². The van der Waals surface area contributed by atoms with Crippen molar-refractivity contribution >= 4 is 11.8 Å². The van der Waals surface area contributed by atoms with Crippen molar-refractivity contribution in [3.63, 3.8) is 0 Å². The highest BCUT2D eigenvalue weighted by atomic mass is 16.5. The van der Waals surface area contributed by atoms with E-state index in [1.165, 1.54) is 18.3 Å². The molecule has 0 saturated heterocycles. The molecule has 2 amide bonds. The van der Waals surface area contributed by atoms with Gasteiger partial charge in [0.2, 0.25) is 0 Å². The van der Waals surface area contributed by atoms with Gasteiger partial charge in [-0.05, 0) is 51.0 Å². The van der Waals surface area contributed by atoms with E-state index in [1.807, 2.05) is 0 Å². The normalized spacial score (nSPS) is 14.7. The summed E-state index contributed by atoms with van der Waals surface area (Å²) in [5.41, 5.74) is 6.69. The lowest BCUT2D eigenvalue weighted by Gasteiger charge is -2.29. The first kappa shape index (κ1) is 18.8. The Hall–Kier alpha value is -2.56. The zero-order valence-corrected chi connectivity index (χ0v) is 14.3. The molecule has 0 aliphatic heterocycles. The number of ether oxygens (including phenoxy) is 1. The van der Waals surface area contributed by atoms with Gasteiger partial charge in [-0.15, -0.1) is 0 Å². The number of nitrogens with two attached hydrogens (primary N) is 1. The summed E-state index contributed by atoms with van der Waals surface area (Å²) in [6.45, 7) is 3.46. The van der Waals surface area contributed by atoms with E-state index < -0.39 is 23.4 Å². The molecule has 1 atom stereocenters. The van der Waals surface area contributed by atoms with Gasteiger partial charge in [0, 0.05) is 17.0 Å². The highest BCUT2D eigenvalue weighted by Gasteiger charge is 2.33. The van der Waals surface area contributed by atoms with Crippen LogP contribution in [0.15, 0.2) is 24.3 Å². The highest BCUT2D eigenvalue weighted by Crippen LogP contribution is 2.27. The molecule has 0 aromatic heterocycles. The van der Waals surface area contributed by atoms with Crippen LogP contribution in [0.1, 0.15) is 37.0 Å². The Morgan fingerprint density at radius 1 is 1.36 bits per heavy atom. The summed E-state index contributed by atoms with van der Waals surface area (Å²) in [6, 6.07) is 5.39. The molecular formula is C18H23N3O4. The monoisotopic (exact) mass is 345 g/mol. The number of carbonyl (C=O) groups is 2. The average Bonchev–Trinajstić information content (AvgIpc) is 3.39. The fourth-order valence-corrected chi connectivity index (χ4v) is 2.10. The fourth-order valence-electron chi connectivity index (χ4n) is 2.10. The Morgan fingerprint density at radius 3 is 2.52 bits per heavy atom. The fraction of sp³-hybridized carbons (Fsp3) is 0.444. The lowest BCUT2D eigenvalue weighted by atomic mass is 9.95. The lowest BCUT2D eigenvalue weighted by molar-refractivity contribution is -0.132. The second-order valence-electron chi connectivity index (χ2n) is 6.61.